The summed E-state index contributed by atoms with van der Waals surface area (Å²) >= 11 is 1.27. The molecule has 0 fully saturated rings. The summed E-state index contributed by atoms with van der Waals surface area (Å²) in [5.41, 5.74) is 0.415. The molecule has 1 rings (SSSR count). The average Bonchev–Trinajstić information content (AvgIpc) is 2.20. The summed E-state index contributed by atoms with van der Waals surface area (Å²) in [7, 11) is 0. The van der Waals surface area contributed by atoms with Crippen LogP contribution in [0, 0.1) is 5.82 Å². The Labute approximate surface area is 92.5 Å². The lowest BCUT2D eigenvalue weighted by atomic mass is 10.1. The molecular weight excluding hydrogens is 215 g/mol. The van der Waals surface area contributed by atoms with Gasteiger partial charge >= 0.3 is 0 Å². The largest absolute Gasteiger partial charge is 0.396 e. The number of carbonyl (C=O) groups excluding carboxylic acids is 1. The third kappa shape index (κ3) is 3.32. The number of halogens is 1. The number of thioether (sulfide) groups is 1. The van der Waals surface area contributed by atoms with E-state index >= 15 is 0 Å². The van der Waals surface area contributed by atoms with E-state index in [0.717, 1.165) is 0 Å². The summed E-state index contributed by atoms with van der Waals surface area (Å²) in [5, 5.41) is 8.62. The maximum atomic E-state index is 13.4. The molecule has 0 saturated heterocycles. The Morgan fingerprint density at radius 3 is 2.87 bits per heavy atom. The zero-order valence-corrected chi connectivity index (χ0v) is 9.31. The number of hydrogen-bond acceptors (Lipinski definition) is 3. The minimum atomic E-state index is -0.370. The van der Waals surface area contributed by atoms with Crippen molar-refractivity contribution < 1.29 is 14.3 Å². The van der Waals surface area contributed by atoms with Crippen molar-refractivity contribution in [3.8, 4) is 0 Å². The number of Topliss-reactive ketones (excluding diaryl/α,β-unsaturated/α-hetero) is 1. The second kappa shape index (κ2) is 5.88. The van der Waals surface area contributed by atoms with Crippen LogP contribution in [-0.2, 0) is 0 Å². The van der Waals surface area contributed by atoms with Crippen LogP contribution in [0.4, 0.5) is 4.39 Å². The highest BCUT2D eigenvalue weighted by Gasteiger charge is 2.11. The van der Waals surface area contributed by atoms with Gasteiger partial charge in [0, 0.05) is 17.9 Å². The first-order valence-electron chi connectivity index (χ1n) is 4.70. The summed E-state index contributed by atoms with van der Waals surface area (Å²) < 4.78 is 13.4. The summed E-state index contributed by atoms with van der Waals surface area (Å²) in [6.07, 6.45) is 0.594. The molecule has 0 bridgehead atoms. The molecule has 0 heterocycles. The van der Waals surface area contributed by atoms with E-state index in [1.165, 1.54) is 30.8 Å². The van der Waals surface area contributed by atoms with Crippen molar-refractivity contribution in [2.24, 2.45) is 0 Å². The van der Waals surface area contributed by atoms with Gasteiger partial charge in [-0.25, -0.2) is 4.39 Å². The van der Waals surface area contributed by atoms with Gasteiger partial charge in [0.2, 0.25) is 0 Å². The van der Waals surface area contributed by atoms with Crippen LogP contribution in [0.1, 0.15) is 23.7 Å². The van der Waals surface area contributed by atoms with Crippen LogP contribution in [0.3, 0.4) is 0 Å². The van der Waals surface area contributed by atoms with Gasteiger partial charge in [0.15, 0.2) is 5.78 Å². The van der Waals surface area contributed by atoms with Gasteiger partial charge in [-0.1, -0.05) is 12.1 Å². The smallest absolute Gasteiger partial charge is 0.161 e. The van der Waals surface area contributed by atoms with Gasteiger partial charge in [-0.15, -0.1) is 11.8 Å². The molecule has 0 aliphatic carbocycles. The van der Waals surface area contributed by atoms with E-state index in [1.807, 2.05) is 0 Å². The molecule has 0 radical (unpaired) electrons. The molecule has 15 heavy (non-hydrogen) atoms. The van der Waals surface area contributed by atoms with E-state index in [0.29, 0.717) is 22.6 Å². The van der Waals surface area contributed by atoms with Gasteiger partial charge in [-0.05, 0) is 19.4 Å². The van der Waals surface area contributed by atoms with E-state index in [4.69, 9.17) is 5.11 Å². The standard InChI is InChI=1S/C11H13FO2S/c1-8(14)9-4-2-5-10(12)11(9)15-7-3-6-13/h2,4-5,13H,3,6-7H2,1H3. The molecule has 0 spiro atoms. The van der Waals surface area contributed by atoms with Gasteiger partial charge in [-0.3, -0.25) is 4.79 Å². The first-order chi connectivity index (χ1) is 7.16. The molecule has 0 atom stereocenters. The fourth-order valence-electron chi connectivity index (χ4n) is 1.17. The van der Waals surface area contributed by atoms with Crippen molar-refractivity contribution in [2.45, 2.75) is 18.2 Å². The molecule has 4 heteroatoms. The summed E-state index contributed by atoms with van der Waals surface area (Å²) in [6, 6.07) is 4.49. The Kier molecular flexibility index (Phi) is 4.78. The molecule has 1 aromatic carbocycles. The lowest BCUT2D eigenvalue weighted by molar-refractivity contribution is 0.101. The second-order valence-corrected chi connectivity index (χ2v) is 4.20. The zero-order chi connectivity index (χ0) is 11.3. The van der Waals surface area contributed by atoms with Crippen molar-refractivity contribution in [1.82, 2.24) is 0 Å². The van der Waals surface area contributed by atoms with E-state index < -0.39 is 0 Å². The molecule has 1 aromatic rings. The predicted octanol–water partition coefficient (Wildman–Crippen LogP) is 2.50. The molecule has 82 valence electrons. The van der Waals surface area contributed by atoms with Crippen molar-refractivity contribution in [2.75, 3.05) is 12.4 Å². The normalized spacial score (nSPS) is 10.3. The van der Waals surface area contributed by atoms with Crippen molar-refractivity contribution in [3.05, 3.63) is 29.6 Å². The second-order valence-electron chi connectivity index (χ2n) is 3.10. The number of aliphatic hydroxyl groups is 1. The summed E-state index contributed by atoms with van der Waals surface area (Å²) in [4.78, 5) is 11.6. The Balaban J connectivity index is 2.87. The Hall–Kier alpha value is -0.870. The van der Waals surface area contributed by atoms with Crippen molar-refractivity contribution in [3.63, 3.8) is 0 Å². The number of ketones is 1. The van der Waals surface area contributed by atoms with Gasteiger partial charge in [0.25, 0.3) is 0 Å². The number of benzene rings is 1. The van der Waals surface area contributed by atoms with E-state index in [2.05, 4.69) is 0 Å². The highest BCUT2D eigenvalue weighted by molar-refractivity contribution is 7.99. The number of carbonyl (C=O) groups is 1. The fraction of sp³-hybridized carbons (Fsp3) is 0.364. The third-order valence-electron chi connectivity index (χ3n) is 1.90. The van der Waals surface area contributed by atoms with Crippen LogP contribution in [0.25, 0.3) is 0 Å². The highest BCUT2D eigenvalue weighted by atomic mass is 32.2. The topological polar surface area (TPSA) is 37.3 Å². The molecule has 2 nitrogen and oxygen atoms in total. The Bertz CT molecular complexity index is 352. The average molecular weight is 228 g/mol. The monoisotopic (exact) mass is 228 g/mol. The number of aliphatic hydroxyl groups excluding tert-OH is 1. The van der Waals surface area contributed by atoms with Crippen LogP contribution in [0.5, 0.6) is 0 Å². The Morgan fingerprint density at radius 2 is 2.27 bits per heavy atom. The molecular formula is C11H13FO2S. The van der Waals surface area contributed by atoms with Crippen LogP contribution in [-0.4, -0.2) is 23.2 Å². The fourth-order valence-corrected chi connectivity index (χ4v) is 2.22. The first-order valence-corrected chi connectivity index (χ1v) is 5.68. The van der Waals surface area contributed by atoms with Crippen LogP contribution < -0.4 is 0 Å². The number of hydrogen-bond donors (Lipinski definition) is 1. The minimum Gasteiger partial charge on any atom is -0.396 e. The van der Waals surface area contributed by atoms with Crippen molar-refractivity contribution >= 4 is 17.5 Å². The molecule has 0 amide bonds. The van der Waals surface area contributed by atoms with Crippen LogP contribution >= 0.6 is 11.8 Å². The lowest BCUT2D eigenvalue weighted by Crippen LogP contribution is -1.98. The third-order valence-corrected chi connectivity index (χ3v) is 3.09. The van der Waals surface area contributed by atoms with Gasteiger partial charge in [-0.2, -0.15) is 0 Å². The molecule has 0 aliphatic rings. The van der Waals surface area contributed by atoms with Gasteiger partial charge in [0.05, 0.1) is 4.90 Å². The summed E-state index contributed by atoms with van der Waals surface area (Å²) in [5.74, 6) is 0.101. The maximum Gasteiger partial charge on any atom is 0.161 e. The first kappa shape index (κ1) is 12.2. The molecule has 0 aromatic heterocycles. The Morgan fingerprint density at radius 1 is 1.53 bits per heavy atom. The van der Waals surface area contributed by atoms with Crippen molar-refractivity contribution in [1.29, 1.82) is 0 Å². The quantitative estimate of drug-likeness (QED) is 0.478. The van der Waals surface area contributed by atoms with Gasteiger partial charge < -0.3 is 5.11 Å². The highest BCUT2D eigenvalue weighted by Crippen LogP contribution is 2.26. The van der Waals surface area contributed by atoms with Gasteiger partial charge in [0.1, 0.15) is 5.82 Å². The molecule has 1 N–H and O–H groups in total. The summed E-state index contributed by atoms with van der Waals surface area (Å²) in [6.45, 7) is 1.50. The molecule has 0 unspecified atom stereocenters. The SMILES string of the molecule is CC(=O)c1cccc(F)c1SCCCO. The van der Waals surface area contributed by atoms with E-state index in [9.17, 15) is 9.18 Å². The van der Waals surface area contributed by atoms with Crippen LogP contribution in [0.15, 0.2) is 23.1 Å². The van der Waals surface area contributed by atoms with E-state index in [-0.39, 0.29) is 18.2 Å². The maximum absolute atomic E-state index is 13.4. The lowest BCUT2D eigenvalue weighted by Gasteiger charge is -2.06. The minimum absolute atomic E-state index is 0.0802. The zero-order valence-electron chi connectivity index (χ0n) is 8.50. The van der Waals surface area contributed by atoms with E-state index in [1.54, 1.807) is 6.07 Å². The molecule has 0 aliphatic heterocycles. The number of rotatable bonds is 5. The van der Waals surface area contributed by atoms with Crippen LogP contribution in [0.2, 0.25) is 0 Å². The molecule has 0 saturated carbocycles. The predicted molar refractivity (Wildman–Crippen MR) is 58.8 cm³/mol.